The molecule has 1 heterocycles. The zero-order chi connectivity index (χ0) is 13.1. The van der Waals surface area contributed by atoms with Crippen LogP contribution in [0.1, 0.15) is 62.0 Å². The monoisotopic (exact) mass is 247 g/mol. The third-order valence-corrected chi connectivity index (χ3v) is 4.48. The second kappa shape index (κ2) is 5.79. The number of hydrogen-bond donors (Lipinski definition) is 1. The third-order valence-electron chi connectivity index (χ3n) is 4.48. The van der Waals surface area contributed by atoms with Crippen molar-refractivity contribution in [1.29, 1.82) is 0 Å². The number of aryl methyl sites for hydroxylation is 2. The van der Waals surface area contributed by atoms with Crippen LogP contribution in [0.2, 0.25) is 0 Å². The van der Waals surface area contributed by atoms with Crippen LogP contribution in [-0.2, 0) is 0 Å². The van der Waals surface area contributed by atoms with Gasteiger partial charge in [-0.25, -0.2) is 0 Å². The minimum absolute atomic E-state index is 0.136. The number of nitrogens with zero attached hydrogens (tertiary/aromatic N) is 2. The molecule has 3 heteroatoms. The van der Waals surface area contributed by atoms with E-state index in [2.05, 4.69) is 23.2 Å². The molecule has 0 bridgehead atoms. The van der Waals surface area contributed by atoms with Crippen molar-refractivity contribution in [2.45, 2.75) is 58.9 Å². The molecule has 0 saturated heterocycles. The van der Waals surface area contributed by atoms with E-state index >= 15 is 0 Å². The molecule has 0 aliphatic heterocycles. The van der Waals surface area contributed by atoms with Crippen molar-refractivity contribution >= 4 is 0 Å². The first-order chi connectivity index (χ1) is 8.61. The van der Waals surface area contributed by atoms with E-state index in [1.54, 1.807) is 0 Å². The average Bonchev–Trinajstić information content (AvgIpc) is 2.41. The number of rotatable bonds is 3. The van der Waals surface area contributed by atoms with Crippen LogP contribution in [0.15, 0.2) is 6.07 Å². The Morgan fingerprint density at radius 2 is 1.89 bits per heavy atom. The van der Waals surface area contributed by atoms with E-state index in [0.717, 1.165) is 17.3 Å². The topological polar surface area (TPSA) is 51.8 Å². The number of nitrogens with two attached hydrogens (primary N) is 1. The molecule has 2 rings (SSSR count). The summed E-state index contributed by atoms with van der Waals surface area (Å²) in [7, 11) is 0. The molecule has 3 nitrogen and oxygen atoms in total. The van der Waals surface area contributed by atoms with Gasteiger partial charge >= 0.3 is 0 Å². The SMILES string of the molecule is CCC1CCC(C(N)c2cc(C)nnc2C)CC1. The van der Waals surface area contributed by atoms with E-state index in [4.69, 9.17) is 5.73 Å². The van der Waals surface area contributed by atoms with Crippen LogP contribution in [0.3, 0.4) is 0 Å². The molecule has 0 aromatic carbocycles. The van der Waals surface area contributed by atoms with Gasteiger partial charge in [0.15, 0.2) is 0 Å². The van der Waals surface area contributed by atoms with E-state index in [-0.39, 0.29) is 6.04 Å². The third kappa shape index (κ3) is 2.89. The Morgan fingerprint density at radius 3 is 2.50 bits per heavy atom. The first-order valence-corrected chi connectivity index (χ1v) is 7.18. The first-order valence-electron chi connectivity index (χ1n) is 7.18. The lowest BCUT2D eigenvalue weighted by Gasteiger charge is -2.32. The van der Waals surface area contributed by atoms with Crippen molar-refractivity contribution in [1.82, 2.24) is 10.2 Å². The summed E-state index contributed by atoms with van der Waals surface area (Å²) in [6.07, 6.45) is 6.52. The van der Waals surface area contributed by atoms with Gasteiger partial charge in [-0.2, -0.15) is 10.2 Å². The maximum absolute atomic E-state index is 6.46. The van der Waals surface area contributed by atoms with Gasteiger partial charge in [-0.15, -0.1) is 0 Å². The molecule has 18 heavy (non-hydrogen) atoms. The van der Waals surface area contributed by atoms with E-state index in [9.17, 15) is 0 Å². The van der Waals surface area contributed by atoms with Crippen LogP contribution < -0.4 is 5.73 Å². The van der Waals surface area contributed by atoms with Crippen LogP contribution in [0, 0.1) is 25.7 Å². The maximum atomic E-state index is 6.46. The minimum Gasteiger partial charge on any atom is -0.324 e. The molecule has 1 aliphatic rings. The summed E-state index contributed by atoms with van der Waals surface area (Å²) in [6, 6.07) is 2.25. The van der Waals surface area contributed by atoms with E-state index in [1.165, 1.54) is 37.7 Å². The van der Waals surface area contributed by atoms with Crippen LogP contribution >= 0.6 is 0 Å². The van der Waals surface area contributed by atoms with Gasteiger partial charge in [0.1, 0.15) is 0 Å². The molecule has 0 spiro atoms. The smallest absolute Gasteiger partial charge is 0.0648 e. The summed E-state index contributed by atoms with van der Waals surface area (Å²) in [6.45, 7) is 6.29. The quantitative estimate of drug-likeness (QED) is 0.891. The summed E-state index contributed by atoms with van der Waals surface area (Å²) in [5.74, 6) is 1.54. The second-order valence-corrected chi connectivity index (χ2v) is 5.74. The highest BCUT2D eigenvalue weighted by molar-refractivity contribution is 5.24. The van der Waals surface area contributed by atoms with Gasteiger partial charge in [0.05, 0.1) is 11.4 Å². The van der Waals surface area contributed by atoms with Gasteiger partial charge in [0, 0.05) is 6.04 Å². The summed E-state index contributed by atoms with van der Waals surface area (Å²) >= 11 is 0. The standard InChI is InChI=1S/C15H25N3/c1-4-12-5-7-13(8-6-12)15(16)14-9-10(2)17-18-11(14)3/h9,12-13,15H,4-8,16H2,1-3H3. The zero-order valence-corrected chi connectivity index (χ0v) is 11.8. The molecule has 1 aromatic rings. The predicted octanol–water partition coefficient (Wildman–Crippen LogP) is 3.31. The number of aromatic nitrogens is 2. The summed E-state index contributed by atoms with van der Waals surface area (Å²) in [5, 5.41) is 8.28. The highest BCUT2D eigenvalue weighted by atomic mass is 15.1. The van der Waals surface area contributed by atoms with E-state index in [1.807, 2.05) is 13.8 Å². The normalized spacial score (nSPS) is 26.0. The Bertz CT molecular complexity index is 395. The molecule has 0 radical (unpaired) electrons. The molecule has 1 unspecified atom stereocenters. The maximum Gasteiger partial charge on any atom is 0.0648 e. The fourth-order valence-corrected chi connectivity index (χ4v) is 3.12. The van der Waals surface area contributed by atoms with E-state index < -0.39 is 0 Å². The highest BCUT2D eigenvalue weighted by Gasteiger charge is 2.26. The molecule has 1 aliphatic carbocycles. The Balaban J connectivity index is 2.07. The largest absolute Gasteiger partial charge is 0.324 e. The molecule has 1 atom stereocenters. The molecular formula is C15H25N3. The lowest BCUT2D eigenvalue weighted by atomic mass is 9.76. The lowest BCUT2D eigenvalue weighted by molar-refractivity contribution is 0.239. The van der Waals surface area contributed by atoms with Gasteiger partial charge in [0.2, 0.25) is 0 Å². The molecule has 1 fully saturated rings. The van der Waals surface area contributed by atoms with Crippen molar-refractivity contribution in [3.63, 3.8) is 0 Å². The zero-order valence-electron chi connectivity index (χ0n) is 11.8. The molecule has 0 amide bonds. The fourth-order valence-electron chi connectivity index (χ4n) is 3.12. The van der Waals surface area contributed by atoms with Gasteiger partial charge in [-0.1, -0.05) is 26.2 Å². The van der Waals surface area contributed by atoms with Crippen LogP contribution in [0.25, 0.3) is 0 Å². The Kier molecular flexibility index (Phi) is 4.33. The van der Waals surface area contributed by atoms with Crippen molar-refractivity contribution in [3.8, 4) is 0 Å². The fraction of sp³-hybridized carbons (Fsp3) is 0.733. The van der Waals surface area contributed by atoms with Crippen LogP contribution in [-0.4, -0.2) is 10.2 Å². The van der Waals surface area contributed by atoms with Gasteiger partial charge in [0.25, 0.3) is 0 Å². The van der Waals surface area contributed by atoms with Crippen molar-refractivity contribution in [3.05, 3.63) is 23.0 Å². The average molecular weight is 247 g/mol. The molecule has 2 N–H and O–H groups in total. The predicted molar refractivity (Wildman–Crippen MR) is 74.2 cm³/mol. The van der Waals surface area contributed by atoms with Gasteiger partial charge < -0.3 is 5.73 Å². The summed E-state index contributed by atoms with van der Waals surface area (Å²) in [5.41, 5.74) is 9.61. The molecular weight excluding hydrogens is 222 g/mol. The highest BCUT2D eigenvalue weighted by Crippen LogP contribution is 2.37. The molecule has 1 aromatic heterocycles. The Labute approximate surface area is 110 Å². The van der Waals surface area contributed by atoms with Crippen molar-refractivity contribution < 1.29 is 0 Å². The van der Waals surface area contributed by atoms with Gasteiger partial charge in [-0.05, 0) is 50.2 Å². The van der Waals surface area contributed by atoms with Crippen LogP contribution in [0.5, 0.6) is 0 Å². The summed E-state index contributed by atoms with van der Waals surface area (Å²) in [4.78, 5) is 0. The van der Waals surface area contributed by atoms with Crippen molar-refractivity contribution in [2.24, 2.45) is 17.6 Å². The van der Waals surface area contributed by atoms with E-state index in [0.29, 0.717) is 5.92 Å². The Morgan fingerprint density at radius 1 is 1.22 bits per heavy atom. The number of hydrogen-bond acceptors (Lipinski definition) is 3. The Hall–Kier alpha value is -0.960. The minimum atomic E-state index is 0.136. The van der Waals surface area contributed by atoms with Gasteiger partial charge in [-0.3, -0.25) is 0 Å². The molecule has 100 valence electrons. The summed E-state index contributed by atoms with van der Waals surface area (Å²) < 4.78 is 0. The molecule has 1 saturated carbocycles. The van der Waals surface area contributed by atoms with Crippen molar-refractivity contribution in [2.75, 3.05) is 0 Å². The first kappa shape index (κ1) is 13.5. The lowest BCUT2D eigenvalue weighted by Crippen LogP contribution is -2.27. The van der Waals surface area contributed by atoms with Crippen LogP contribution in [0.4, 0.5) is 0 Å². The second-order valence-electron chi connectivity index (χ2n) is 5.74.